The molecular weight excluding hydrogens is 567 g/mol. The first-order valence-corrected chi connectivity index (χ1v) is 10.6. The van der Waals surface area contributed by atoms with Crippen LogP contribution in [0.2, 0.25) is 0 Å². The Kier molecular flexibility index (Phi) is 18.2. The van der Waals surface area contributed by atoms with Gasteiger partial charge in [-0.05, 0) is 11.5 Å². The molecule has 0 bridgehead atoms. The summed E-state index contributed by atoms with van der Waals surface area (Å²) in [6.45, 7) is -2.49. The third-order valence-corrected chi connectivity index (χ3v) is 4.03. The molecule has 23 heteroatoms. The number of ether oxygens (including phenoxy) is 2. The van der Waals surface area contributed by atoms with Gasteiger partial charge in [0.15, 0.2) is 0 Å². The monoisotopic (exact) mass is 574 g/mol. The van der Waals surface area contributed by atoms with Crippen LogP contribution in [-0.2, 0) is 37.2 Å². The van der Waals surface area contributed by atoms with E-state index in [1.165, 1.54) is 0 Å². The first-order chi connectivity index (χ1) is 14.5. The van der Waals surface area contributed by atoms with Gasteiger partial charge in [-0.25, -0.2) is 9.59 Å². The standard InChI is InChI=1S/2C6H7O9P.3Mg/c2*7-1-2(8)4-3(9)5(6(10)14-4)15-16(11,12)13;;;/h2*2,4,9H,1H2,(H2,11,12,13);;;/q2*-2;3*+2/p-6/t2*2-,4+;;;/m00.../s1. The maximum Gasteiger partial charge on any atom is 2.00 e. The number of phosphoric acid groups is 2. The van der Waals surface area contributed by atoms with Gasteiger partial charge in [-0.2, -0.15) is 0 Å². The molecule has 2 aliphatic heterocycles. The Balaban J connectivity index is -0.000000539. The smallest absolute Gasteiger partial charge is 0.870 e. The minimum Gasteiger partial charge on any atom is -0.870 e. The molecule has 18 nitrogen and oxygen atoms in total. The van der Waals surface area contributed by atoms with Crippen molar-refractivity contribution < 1.29 is 87.5 Å². The minimum atomic E-state index is -5.59. The zero-order valence-corrected chi connectivity index (χ0v) is 23.1. The van der Waals surface area contributed by atoms with Crippen molar-refractivity contribution in [1.82, 2.24) is 0 Å². The molecule has 0 aromatic carbocycles. The van der Waals surface area contributed by atoms with Crippen LogP contribution in [0.15, 0.2) is 23.0 Å². The summed E-state index contributed by atoms with van der Waals surface area (Å²) in [5, 5.41) is 64.4. The third-order valence-electron chi connectivity index (χ3n) is 3.21. The summed E-state index contributed by atoms with van der Waals surface area (Å²) in [6.07, 6.45) is -8.02. The van der Waals surface area contributed by atoms with E-state index < -0.39 is 88.3 Å². The summed E-state index contributed by atoms with van der Waals surface area (Å²) in [4.78, 5) is 62.3. The molecule has 0 aromatic rings. The maximum atomic E-state index is 11.1. The third kappa shape index (κ3) is 12.0. The number of esters is 2. The van der Waals surface area contributed by atoms with Gasteiger partial charge in [0, 0.05) is 0 Å². The van der Waals surface area contributed by atoms with E-state index in [9.17, 15) is 68.9 Å². The fraction of sp³-hybridized carbons (Fsp3) is 0.500. The van der Waals surface area contributed by atoms with Crippen molar-refractivity contribution in [2.24, 2.45) is 0 Å². The normalized spacial score (nSPS) is 21.3. The Morgan fingerprint density at radius 1 is 0.714 bits per heavy atom. The number of hydrogen-bond acceptors (Lipinski definition) is 18. The second kappa shape index (κ2) is 16.1. The average Bonchev–Trinajstić information content (AvgIpc) is 3.10. The Morgan fingerprint density at radius 2 is 0.971 bits per heavy atom. The molecule has 0 fully saturated rings. The molecule has 35 heavy (non-hydrogen) atoms. The van der Waals surface area contributed by atoms with Gasteiger partial charge < -0.3 is 77.9 Å². The van der Waals surface area contributed by atoms with Crippen LogP contribution in [0.25, 0.3) is 0 Å². The van der Waals surface area contributed by atoms with Gasteiger partial charge in [-0.3, -0.25) is 0 Å². The Morgan fingerprint density at radius 3 is 1.17 bits per heavy atom. The Bertz CT molecular complexity index is 823. The van der Waals surface area contributed by atoms with Crippen LogP contribution in [-0.4, -0.2) is 119 Å². The van der Waals surface area contributed by atoms with Crippen LogP contribution in [0.1, 0.15) is 0 Å². The molecule has 0 saturated heterocycles. The predicted octanol–water partition coefficient (Wildman–Crippen LogP) is -12.3. The van der Waals surface area contributed by atoms with E-state index in [1.807, 2.05) is 0 Å². The van der Waals surface area contributed by atoms with E-state index in [0.717, 1.165) is 0 Å². The number of carbonyl (C=O) groups is 2. The van der Waals surface area contributed by atoms with Gasteiger partial charge in [0.25, 0.3) is 0 Å². The molecule has 184 valence electrons. The molecule has 0 unspecified atom stereocenters. The number of rotatable bonds is 8. The molecule has 2 rings (SSSR count). The molecule has 2 heterocycles. The van der Waals surface area contributed by atoms with E-state index >= 15 is 0 Å². The summed E-state index contributed by atoms with van der Waals surface area (Å²) >= 11 is 0. The van der Waals surface area contributed by atoms with E-state index in [4.69, 9.17) is 0 Å². The van der Waals surface area contributed by atoms with Crippen molar-refractivity contribution >= 4 is 96.7 Å². The topological polar surface area (TPSA) is 336 Å². The number of carbonyl (C=O) groups excluding carboxylic acids is 2. The van der Waals surface area contributed by atoms with Crippen LogP contribution < -0.4 is 50.2 Å². The molecular formula is C12H8Mg3O18P2-4. The van der Waals surface area contributed by atoms with Crippen LogP contribution in [0.3, 0.4) is 0 Å². The van der Waals surface area contributed by atoms with E-state index in [2.05, 4.69) is 18.5 Å². The summed E-state index contributed by atoms with van der Waals surface area (Å²) < 4.78 is 35.6. The molecule has 0 spiro atoms. The molecule has 0 radical (unpaired) electrons. The fourth-order valence-electron chi connectivity index (χ4n) is 1.96. The quantitative estimate of drug-likeness (QED) is 0.147. The van der Waals surface area contributed by atoms with Crippen molar-refractivity contribution in [2.45, 2.75) is 24.4 Å². The van der Waals surface area contributed by atoms with Crippen LogP contribution >= 0.6 is 15.6 Å². The number of phosphoric ester groups is 2. The number of hydrogen-bond donors (Lipinski definition) is 0. The minimum absolute atomic E-state index is 0. The van der Waals surface area contributed by atoms with Crippen molar-refractivity contribution in [3.8, 4) is 0 Å². The van der Waals surface area contributed by atoms with Crippen molar-refractivity contribution in [3.63, 3.8) is 0 Å². The zero-order chi connectivity index (χ0) is 25.0. The first-order valence-electron chi connectivity index (χ1n) is 7.67. The fourth-order valence-corrected chi connectivity index (χ4v) is 2.73. The van der Waals surface area contributed by atoms with Gasteiger partial charge in [-0.1, -0.05) is 0 Å². The Labute approximate surface area is 243 Å². The van der Waals surface area contributed by atoms with Gasteiger partial charge in [-0.15, -0.1) is 25.4 Å². The van der Waals surface area contributed by atoms with E-state index in [-0.39, 0.29) is 69.2 Å². The second-order valence-electron chi connectivity index (χ2n) is 5.53. The summed E-state index contributed by atoms with van der Waals surface area (Å²) in [5.74, 6) is -8.67. The molecule has 0 aliphatic carbocycles. The molecule has 2 aliphatic rings. The van der Waals surface area contributed by atoms with Gasteiger partial charge in [0.05, 0.1) is 0 Å². The molecule has 0 amide bonds. The second-order valence-corrected chi connectivity index (χ2v) is 7.68. The summed E-state index contributed by atoms with van der Waals surface area (Å²) in [5.41, 5.74) is 0. The van der Waals surface area contributed by atoms with Crippen LogP contribution in [0.5, 0.6) is 0 Å². The summed E-state index contributed by atoms with van der Waals surface area (Å²) in [6, 6.07) is 0. The van der Waals surface area contributed by atoms with Gasteiger partial charge >= 0.3 is 81.1 Å². The largest absolute Gasteiger partial charge is 2.00 e. The first kappa shape index (κ1) is 39.6. The average molecular weight is 575 g/mol. The molecule has 4 atom stereocenters. The SMILES string of the molecule is O=C1O[C@H]([C@@H]([O-])C[O-])C([O-])=C1OP(=O)([O-])[O-].O=C1O[C@H]([C@@H]([O-])C[O-])C([O-])=C1OP(=O)([O-])[O-].[Mg+2].[Mg+2].[Mg+2]. The van der Waals surface area contributed by atoms with Gasteiger partial charge in [0.1, 0.15) is 27.9 Å². The van der Waals surface area contributed by atoms with Crippen LogP contribution in [0, 0.1) is 0 Å². The zero-order valence-electron chi connectivity index (χ0n) is 17.1. The summed E-state index contributed by atoms with van der Waals surface area (Å²) in [7, 11) is -11.2. The van der Waals surface area contributed by atoms with Crippen molar-refractivity contribution in [3.05, 3.63) is 23.0 Å². The molecule has 0 saturated carbocycles. The predicted molar refractivity (Wildman–Crippen MR) is 85.8 cm³/mol. The van der Waals surface area contributed by atoms with E-state index in [0.29, 0.717) is 0 Å². The molecule has 0 N–H and O–H groups in total. The van der Waals surface area contributed by atoms with E-state index in [1.54, 1.807) is 0 Å². The van der Waals surface area contributed by atoms with Crippen molar-refractivity contribution in [2.75, 3.05) is 13.2 Å². The maximum absolute atomic E-state index is 11.1. The Hall–Kier alpha value is 0.0587. The van der Waals surface area contributed by atoms with Crippen LogP contribution in [0.4, 0.5) is 0 Å². The number of cyclic esters (lactones) is 2. The molecule has 0 aromatic heterocycles. The van der Waals surface area contributed by atoms with Crippen molar-refractivity contribution in [1.29, 1.82) is 0 Å². The van der Waals surface area contributed by atoms with Gasteiger partial charge in [0.2, 0.25) is 11.5 Å².